The smallest absolute Gasteiger partial charge is 0.220 e. The Kier molecular flexibility index (Phi) is 7.42. The van der Waals surface area contributed by atoms with Gasteiger partial charge < -0.3 is 10.6 Å². The summed E-state index contributed by atoms with van der Waals surface area (Å²) in [5.41, 5.74) is 0. The van der Waals surface area contributed by atoms with Gasteiger partial charge in [0.15, 0.2) is 0 Å². The van der Waals surface area contributed by atoms with Crippen molar-refractivity contribution in [1.29, 1.82) is 0 Å². The third kappa shape index (κ3) is 6.25. The van der Waals surface area contributed by atoms with Crippen LogP contribution in [0.25, 0.3) is 0 Å². The van der Waals surface area contributed by atoms with E-state index in [1.54, 1.807) is 0 Å². The molecule has 2 aliphatic rings. The molecular weight excluding hydrogens is 248 g/mol. The van der Waals surface area contributed by atoms with Gasteiger partial charge in [-0.2, -0.15) is 0 Å². The van der Waals surface area contributed by atoms with Gasteiger partial charge in [-0.25, -0.2) is 0 Å². The van der Waals surface area contributed by atoms with Gasteiger partial charge in [0.1, 0.15) is 0 Å². The molecule has 2 rings (SSSR count). The van der Waals surface area contributed by atoms with E-state index in [0.29, 0.717) is 12.1 Å². The molecule has 1 unspecified atom stereocenters. The van der Waals surface area contributed by atoms with Crippen LogP contribution < -0.4 is 10.6 Å². The van der Waals surface area contributed by atoms with Gasteiger partial charge in [0.05, 0.1) is 0 Å². The molecule has 20 heavy (non-hydrogen) atoms. The first-order valence-electron chi connectivity index (χ1n) is 8.87. The molecule has 1 atom stereocenters. The molecule has 1 amide bonds. The summed E-state index contributed by atoms with van der Waals surface area (Å²) in [6.45, 7) is 0.969. The van der Waals surface area contributed by atoms with Gasteiger partial charge in [-0.1, -0.05) is 57.8 Å². The van der Waals surface area contributed by atoms with Crippen molar-refractivity contribution in [2.45, 2.75) is 95.6 Å². The maximum absolute atomic E-state index is 11.2. The number of carbonyl (C=O) groups excluding carboxylic acids is 1. The molecule has 3 nitrogen and oxygen atoms in total. The highest BCUT2D eigenvalue weighted by molar-refractivity contribution is 5.78. The molecule has 0 bridgehead atoms. The van der Waals surface area contributed by atoms with Crippen molar-refractivity contribution in [3.63, 3.8) is 0 Å². The molecular formula is C17H32N2O. The highest BCUT2D eigenvalue weighted by Gasteiger charge is 2.21. The lowest BCUT2D eigenvalue weighted by Crippen LogP contribution is -2.40. The van der Waals surface area contributed by atoms with Crippen LogP contribution in [0.5, 0.6) is 0 Å². The lowest BCUT2D eigenvalue weighted by Gasteiger charge is -2.21. The predicted octanol–water partition coefficient (Wildman–Crippen LogP) is 3.53. The standard InChI is InChI=1S/C17H32N2O/c20-17-13-12-16(19-17)14-18-15-10-8-6-4-2-1-3-5-7-9-11-15/h15-16,18H,1-14H2,(H,19,20). The lowest BCUT2D eigenvalue weighted by atomic mass is 9.98. The molecule has 1 aliphatic carbocycles. The Bertz CT molecular complexity index is 268. The lowest BCUT2D eigenvalue weighted by molar-refractivity contribution is -0.119. The van der Waals surface area contributed by atoms with Crippen molar-refractivity contribution in [3.05, 3.63) is 0 Å². The maximum atomic E-state index is 11.2. The van der Waals surface area contributed by atoms with Gasteiger partial charge in [0, 0.05) is 25.0 Å². The van der Waals surface area contributed by atoms with E-state index in [4.69, 9.17) is 0 Å². The molecule has 2 fully saturated rings. The highest BCUT2D eigenvalue weighted by Crippen LogP contribution is 2.17. The fourth-order valence-corrected chi connectivity index (χ4v) is 3.51. The van der Waals surface area contributed by atoms with E-state index in [-0.39, 0.29) is 5.91 Å². The van der Waals surface area contributed by atoms with Gasteiger partial charge in [-0.3, -0.25) is 4.79 Å². The fourth-order valence-electron chi connectivity index (χ4n) is 3.51. The van der Waals surface area contributed by atoms with E-state index in [1.165, 1.54) is 70.6 Å². The monoisotopic (exact) mass is 280 g/mol. The third-order valence-electron chi connectivity index (χ3n) is 4.84. The average molecular weight is 280 g/mol. The Labute approximate surface area is 124 Å². The van der Waals surface area contributed by atoms with E-state index >= 15 is 0 Å². The van der Waals surface area contributed by atoms with Crippen LogP contribution in [0.2, 0.25) is 0 Å². The minimum atomic E-state index is 0.232. The normalized spacial score (nSPS) is 27.6. The van der Waals surface area contributed by atoms with Crippen LogP contribution in [-0.4, -0.2) is 24.5 Å². The molecule has 1 saturated carbocycles. The largest absolute Gasteiger partial charge is 0.352 e. The van der Waals surface area contributed by atoms with Gasteiger partial charge in [0.2, 0.25) is 5.91 Å². The van der Waals surface area contributed by atoms with Crippen molar-refractivity contribution in [2.24, 2.45) is 0 Å². The second-order valence-corrected chi connectivity index (χ2v) is 6.67. The Morgan fingerprint density at radius 2 is 1.40 bits per heavy atom. The summed E-state index contributed by atoms with van der Waals surface area (Å²) in [6, 6.07) is 1.05. The second kappa shape index (κ2) is 9.38. The van der Waals surface area contributed by atoms with E-state index in [0.717, 1.165) is 19.4 Å². The summed E-state index contributed by atoms with van der Waals surface area (Å²) >= 11 is 0. The molecule has 1 aliphatic heterocycles. The number of carbonyl (C=O) groups is 1. The van der Waals surface area contributed by atoms with Crippen LogP contribution in [0.4, 0.5) is 0 Å². The molecule has 3 heteroatoms. The predicted molar refractivity (Wildman–Crippen MR) is 83.7 cm³/mol. The summed E-state index contributed by atoms with van der Waals surface area (Å²) in [7, 11) is 0. The Morgan fingerprint density at radius 3 is 1.90 bits per heavy atom. The van der Waals surface area contributed by atoms with Crippen molar-refractivity contribution in [1.82, 2.24) is 10.6 Å². The zero-order chi connectivity index (χ0) is 14.0. The number of nitrogens with one attached hydrogen (secondary N) is 2. The van der Waals surface area contributed by atoms with Crippen LogP contribution in [0.15, 0.2) is 0 Å². The van der Waals surface area contributed by atoms with Crippen LogP contribution >= 0.6 is 0 Å². The third-order valence-corrected chi connectivity index (χ3v) is 4.84. The zero-order valence-electron chi connectivity index (χ0n) is 13.0. The molecule has 2 N–H and O–H groups in total. The molecule has 0 aromatic rings. The SMILES string of the molecule is O=C1CCC(CNC2CCCCCCCCCCC2)N1. The van der Waals surface area contributed by atoms with Crippen LogP contribution in [0.3, 0.4) is 0 Å². The van der Waals surface area contributed by atoms with Gasteiger partial charge in [-0.15, -0.1) is 0 Å². The number of hydrogen-bond donors (Lipinski definition) is 2. The van der Waals surface area contributed by atoms with E-state index in [9.17, 15) is 4.79 Å². The summed E-state index contributed by atoms with van der Waals surface area (Å²) in [4.78, 5) is 11.2. The van der Waals surface area contributed by atoms with Crippen LogP contribution in [0.1, 0.15) is 83.5 Å². The Balaban J connectivity index is 1.67. The van der Waals surface area contributed by atoms with Crippen LogP contribution in [-0.2, 0) is 4.79 Å². The molecule has 0 spiro atoms. The number of amides is 1. The van der Waals surface area contributed by atoms with Gasteiger partial charge in [0.25, 0.3) is 0 Å². The Hall–Kier alpha value is -0.570. The van der Waals surface area contributed by atoms with Gasteiger partial charge in [-0.05, 0) is 19.3 Å². The molecule has 0 radical (unpaired) electrons. The van der Waals surface area contributed by atoms with Crippen molar-refractivity contribution < 1.29 is 4.79 Å². The summed E-state index contributed by atoms with van der Waals surface area (Å²) in [5, 5.41) is 6.78. The number of hydrogen-bond acceptors (Lipinski definition) is 2. The maximum Gasteiger partial charge on any atom is 0.220 e. The van der Waals surface area contributed by atoms with E-state index in [1.807, 2.05) is 0 Å². The zero-order valence-corrected chi connectivity index (χ0v) is 13.0. The number of rotatable bonds is 3. The first kappa shape index (κ1) is 15.8. The highest BCUT2D eigenvalue weighted by atomic mass is 16.1. The molecule has 1 heterocycles. The second-order valence-electron chi connectivity index (χ2n) is 6.67. The van der Waals surface area contributed by atoms with Gasteiger partial charge >= 0.3 is 0 Å². The summed E-state index contributed by atoms with van der Waals surface area (Å²) in [5.74, 6) is 0.232. The summed E-state index contributed by atoms with van der Waals surface area (Å²) < 4.78 is 0. The van der Waals surface area contributed by atoms with E-state index < -0.39 is 0 Å². The molecule has 0 aromatic carbocycles. The first-order valence-corrected chi connectivity index (χ1v) is 8.87. The molecule has 1 saturated heterocycles. The fraction of sp³-hybridized carbons (Fsp3) is 0.941. The van der Waals surface area contributed by atoms with Crippen molar-refractivity contribution in [3.8, 4) is 0 Å². The topological polar surface area (TPSA) is 41.1 Å². The Morgan fingerprint density at radius 1 is 0.850 bits per heavy atom. The minimum Gasteiger partial charge on any atom is -0.352 e. The molecule has 116 valence electrons. The molecule has 0 aromatic heterocycles. The van der Waals surface area contributed by atoms with Crippen molar-refractivity contribution >= 4 is 5.91 Å². The summed E-state index contributed by atoms with van der Waals surface area (Å²) in [6.07, 6.45) is 17.1. The average Bonchev–Trinajstić information content (AvgIpc) is 2.84. The van der Waals surface area contributed by atoms with E-state index in [2.05, 4.69) is 10.6 Å². The van der Waals surface area contributed by atoms with Crippen molar-refractivity contribution in [2.75, 3.05) is 6.54 Å². The first-order chi connectivity index (χ1) is 9.84. The minimum absolute atomic E-state index is 0.232. The van der Waals surface area contributed by atoms with Crippen LogP contribution in [0, 0.1) is 0 Å². The quantitative estimate of drug-likeness (QED) is 0.830.